The summed E-state index contributed by atoms with van der Waals surface area (Å²) in [5.74, 6) is -0.299. The van der Waals surface area contributed by atoms with Crippen molar-refractivity contribution in [2.24, 2.45) is 0 Å². The molecule has 3 fully saturated rings. The normalized spacial score (nSPS) is 42.8. The summed E-state index contributed by atoms with van der Waals surface area (Å²) in [5.41, 5.74) is 0. The van der Waals surface area contributed by atoms with E-state index in [-0.39, 0.29) is 45.5 Å². The number of hydrogen-bond donors (Lipinski definition) is 12. The average molecular weight is 534 g/mol. The fraction of sp³-hybridized carbons (Fsp3) is 0.950. The predicted octanol–water partition coefficient (Wildman–Crippen LogP) is -7.48. The summed E-state index contributed by atoms with van der Waals surface area (Å²) in [6.45, 7) is 0.230. The van der Waals surface area contributed by atoms with Crippen molar-refractivity contribution in [3.8, 4) is 0 Å². The molecular weight excluding hydrogens is 494 g/mol. The maximum Gasteiger partial charge on any atom is 0.217 e. The van der Waals surface area contributed by atoms with Gasteiger partial charge >= 0.3 is 0 Å². The van der Waals surface area contributed by atoms with Crippen LogP contribution in [0.15, 0.2) is 0 Å². The highest BCUT2D eigenvalue weighted by molar-refractivity contribution is 5.73. The molecule has 0 aromatic heterocycles. The lowest BCUT2D eigenvalue weighted by atomic mass is 9.98. The number of hydrogen-bond acceptors (Lipinski definition) is 15. The maximum atomic E-state index is 10.7. The molecule has 214 valence electrons. The molecule has 12 N–H and O–H groups in total. The van der Waals surface area contributed by atoms with E-state index >= 15 is 0 Å². The Kier molecular flexibility index (Phi) is 14.6. The molecule has 3 aliphatic heterocycles. The lowest BCUT2D eigenvalue weighted by Crippen LogP contribution is -2.59. The molecule has 0 aliphatic carbocycles. The Morgan fingerprint density at radius 2 is 0.944 bits per heavy atom. The molecule has 3 saturated heterocycles. The van der Waals surface area contributed by atoms with Gasteiger partial charge in [0.1, 0.15) is 67.1 Å². The van der Waals surface area contributed by atoms with Crippen LogP contribution in [0.2, 0.25) is 0 Å². The van der Waals surface area contributed by atoms with Gasteiger partial charge in [-0.15, -0.1) is 0 Å². The molecule has 0 saturated carbocycles. The van der Waals surface area contributed by atoms with Gasteiger partial charge in [0, 0.05) is 6.92 Å². The van der Waals surface area contributed by atoms with Gasteiger partial charge in [-0.3, -0.25) is 4.79 Å². The summed E-state index contributed by atoms with van der Waals surface area (Å²) < 4.78 is 14.7. The van der Waals surface area contributed by atoms with Gasteiger partial charge in [-0.2, -0.15) is 0 Å². The van der Waals surface area contributed by atoms with Crippen molar-refractivity contribution in [2.45, 2.75) is 80.1 Å². The Hall–Kier alpha value is -1.09. The first kappa shape index (κ1) is 32.9. The van der Waals surface area contributed by atoms with Crippen LogP contribution in [0.25, 0.3) is 0 Å². The van der Waals surface area contributed by atoms with Gasteiger partial charge in [-0.1, -0.05) is 0 Å². The first-order chi connectivity index (χ1) is 16.9. The second-order valence-electron chi connectivity index (χ2n) is 8.55. The third-order valence-electron chi connectivity index (χ3n) is 5.77. The van der Waals surface area contributed by atoms with E-state index in [1.54, 1.807) is 0 Å². The van der Waals surface area contributed by atoms with Gasteiger partial charge in [-0.25, -0.2) is 0 Å². The van der Waals surface area contributed by atoms with E-state index in [1.165, 1.54) is 6.92 Å². The molecule has 12 atom stereocenters. The summed E-state index contributed by atoms with van der Waals surface area (Å²) in [4.78, 5) is 10.7. The predicted molar refractivity (Wildman–Crippen MR) is 116 cm³/mol. The molecule has 0 bridgehead atoms. The Morgan fingerprint density at radius 1 is 0.611 bits per heavy atom. The molecule has 0 aromatic rings. The topological polar surface area (TPSA) is 279 Å². The summed E-state index contributed by atoms with van der Waals surface area (Å²) in [6, 6.07) is -0.620. The van der Waals surface area contributed by atoms with Gasteiger partial charge in [0.2, 0.25) is 5.91 Å². The average Bonchev–Trinajstić information content (AvgIpc) is 2.85. The number of carbonyl (C=O) groups is 1. The van der Waals surface area contributed by atoms with Gasteiger partial charge < -0.3 is 75.7 Å². The number of aliphatic hydroxyl groups excluding tert-OH is 11. The number of nitrogens with one attached hydrogen (secondary N) is 1. The molecule has 0 radical (unpaired) electrons. The van der Waals surface area contributed by atoms with Crippen LogP contribution in [0.3, 0.4) is 0 Å². The Morgan fingerprint density at radius 3 is 1.28 bits per heavy atom. The van der Waals surface area contributed by atoms with Crippen molar-refractivity contribution in [2.75, 3.05) is 39.6 Å². The molecule has 0 aromatic carbocycles. The van der Waals surface area contributed by atoms with E-state index in [1.807, 2.05) is 0 Å². The van der Waals surface area contributed by atoms with E-state index in [0.717, 1.165) is 0 Å². The first-order valence-electron chi connectivity index (χ1n) is 11.3. The van der Waals surface area contributed by atoms with Crippen molar-refractivity contribution in [1.82, 2.24) is 5.32 Å². The summed E-state index contributed by atoms with van der Waals surface area (Å²) >= 11 is 0. The molecule has 16 nitrogen and oxygen atoms in total. The lowest BCUT2D eigenvalue weighted by Gasteiger charge is -2.36. The lowest BCUT2D eigenvalue weighted by molar-refractivity contribution is -0.195. The number of rotatable bonds is 4. The zero-order valence-corrected chi connectivity index (χ0v) is 19.7. The molecule has 3 aliphatic rings. The zero-order valence-electron chi connectivity index (χ0n) is 19.7. The molecule has 0 spiro atoms. The minimum Gasteiger partial charge on any atom is -0.394 e. The fourth-order valence-electron chi connectivity index (χ4n) is 3.49. The monoisotopic (exact) mass is 533 g/mol. The van der Waals surface area contributed by atoms with Gasteiger partial charge in [-0.05, 0) is 0 Å². The van der Waals surface area contributed by atoms with Crippen LogP contribution in [0, 0.1) is 0 Å². The Balaban J connectivity index is 0.000000273. The van der Waals surface area contributed by atoms with Gasteiger partial charge in [0.15, 0.2) is 0 Å². The molecule has 3 heterocycles. The van der Waals surface area contributed by atoms with E-state index in [0.29, 0.717) is 0 Å². The van der Waals surface area contributed by atoms with Crippen LogP contribution in [0.5, 0.6) is 0 Å². The van der Waals surface area contributed by atoms with Crippen LogP contribution >= 0.6 is 0 Å². The van der Waals surface area contributed by atoms with Gasteiger partial charge in [0.05, 0.1) is 45.7 Å². The highest BCUT2D eigenvalue weighted by atomic mass is 16.5. The van der Waals surface area contributed by atoms with Crippen molar-refractivity contribution in [3.05, 3.63) is 0 Å². The highest BCUT2D eigenvalue weighted by Crippen LogP contribution is 2.16. The van der Waals surface area contributed by atoms with Crippen LogP contribution in [0.4, 0.5) is 0 Å². The van der Waals surface area contributed by atoms with E-state index < -0.39 is 73.2 Å². The zero-order chi connectivity index (χ0) is 27.6. The largest absolute Gasteiger partial charge is 0.394 e. The number of ether oxygens (including phenoxy) is 3. The molecule has 16 heteroatoms. The quantitative estimate of drug-likeness (QED) is 0.160. The van der Waals surface area contributed by atoms with Crippen LogP contribution in [-0.2, 0) is 19.0 Å². The minimum absolute atomic E-state index is 0.0521. The van der Waals surface area contributed by atoms with Crippen LogP contribution in [0.1, 0.15) is 6.92 Å². The van der Waals surface area contributed by atoms with E-state index in [9.17, 15) is 15.0 Å². The smallest absolute Gasteiger partial charge is 0.217 e. The van der Waals surface area contributed by atoms with Crippen molar-refractivity contribution < 1.29 is 75.2 Å². The van der Waals surface area contributed by atoms with Crippen molar-refractivity contribution in [3.63, 3.8) is 0 Å². The second kappa shape index (κ2) is 16.0. The molecular formula is C20H39NO15. The maximum absolute atomic E-state index is 10.7. The molecule has 3 rings (SSSR count). The summed E-state index contributed by atoms with van der Waals surface area (Å²) in [5, 5.41) is 102. The summed E-state index contributed by atoms with van der Waals surface area (Å²) in [6.07, 6.45) is -11.6. The Labute approximate surface area is 206 Å². The van der Waals surface area contributed by atoms with Crippen LogP contribution < -0.4 is 5.32 Å². The van der Waals surface area contributed by atoms with E-state index in [2.05, 4.69) is 5.32 Å². The van der Waals surface area contributed by atoms with Gasteiger partial charge in [0.25, 0.3) is 0 Å². The number of carbonyl (C=O) groups excluding carboxylic acids is 1. The minimum atomic E-state index is -1.22. The SMILES string of the molecule is CC(=O)N[C@H]1CO[C@H](CO)[C@@H](O)[C@@H]1O.OC[C@H]1OC[C@@H](O)[C@@H](O)[C@@H]1O.OC[C@H]1OC[C@@H](O)[C@@H](O)[C@@H]1O. The summed E-state index contributed by atoms with van der Waals surface area (Å²) in [7, 11) is 0. The van der Waals surface area contributed by atoms with E-state index in [4.69, 9.17) is 60.2 Å². The number of aliphatic hydroxyl groups is 11. The van der Waals surface area contributed by atoms with Crippen molar-refractivity contribution in [1.29, 1.82) is 0 Å². The molecule has 1 amide bonds. The standard InChI is InChI=1S/C8H15NO5.2C6H12O5/c1-4(11)9-5-3-14-6(2-10)8(13)7(5)12;2*7-1-4-6(10)5(9)3(8)2-11-4/h5-8,10,12-13H,2-3H2,1H3,(H,9,11);2*3-10H,1-2H2/t5-,6+,7+,8+;2*3-,4-,5-,6-/m011/s1. The third-order valence-corrected chi connectivity index (χ3v) is 5.77. The van der Waals surface area contributed by atoms with Crippen LogP contribution in [-0.4, -0.2) is 175 Å². The number of amides is 1. The Bertz CT molecular complexity index is 596. The third kappa shape index (κ3) is 9.34. The highest BCUT2D eigenvalue weighted by Gasteiger charge is 2.39. The molecule has 36 heavy (non-hydrogen) atoms. The fourth-order valence-corrected chi connectivity index (χ4v) is 3.49. The van der Waals surface area contributed by atoms with Crippen molar-refractivity contribution >= 4 is 5.91 Å². The first-order valence-corrected chi connectivity index (χ1v) is 11.3. The second-order valence-corrected chi connectivity index (χ2v) is 8.55. The molecule has 0 unspecified atom stereocenters.